The number of amides is 1. The van der Waals surface area contributed by atoms with Crippen molar-refractivity contribution in [2.75, 3.05) is 26.7 Å². The summed E-state index contributed by atoms with van der Waals surface area (Å²) in [6.45, 7) is 2.53. The Bertz CT molecular complexity index is 217. The molecule has 1 rings (SSSR count). The molecule has 0 radical (unpaired) electrons. The van der Waals surface area contributed by atoms with Crippen LogP contribution in [0.4, 0.5) is 0 Å². The van der Waals surface area contributed by atoms with Crippen LogP contribution in [0, 0.1) is 0 Å². The molecule has 1 saturated carbocycles. The molecule has 0 atom stereocenters. The van der Waals surface area contributed by atoms with Gasteiger partial charge in [0.2, 0.25) is 5.91 Å². The van der Waals surface area contributed by atoms with E-state index in [4.69, 9.17) is 5.73 Å². The van der Waals surface area contributed by atoms with Crippen LogP contribution in [0.25, 0.3) is 0 Å². The number of nitrogens with one attached hydrogen (secondary N) is 1. The van der Waals surface area contributed by atoms with Gasteiger partial charge in [0.25, 0.3) is 0 Å². The highest BCUT2D eigenvalue weighted by Gasteiger charge is 2.25. The van der Waals surface area contributed by atoms with Crippen molar-refractivity contribution in [2.24, 2.45) is 5.73 Å². The van der Waals surface area contributed by atoms with Gasteiger partial charge in [-0.2, -0.15) is 0 Å². The van der Waals surface area contributed by atoms with Crippen LogP contribution < -0.4 is 11.1 Å². The second kappa shape index (κ2) is 8.48. The summed E-state index contributed by atoms with van der Waals surface area (Å²) in [6, 6.07) is 0.781. The number of hydrogen-bond donors (Lipinski definition) is 2. The van der Waals surface area contributed by atoms with Crippen LogP contribution in [0.3, 0.4) is 0 Å². The summed E-state index contributed by atoms with van der Waals surface area (Å²) in [4.78, 5) is 13.8. The van der Waals surface area contributed by atoms with Crippen LogP contribution in [0.1, 0.15) is 44.9 Å². The molecule has 0 saturated heterocycles. The van der Waals surface area contributed by atoms with E-state index in [1.165, 1.54) is 12.8 Å². The average Bonchev–Trinajstić information content (AvgIpc) is 3.12. The van der Waals surface area contributed by atoms with Crippen molar-refractivity contribution in [3.63, 3.8) is 0 Å². The predicted octanol–water partition coefficient (Wildman–Crippen LogP) is 1.11. The van der Waals surface area contributed by atoms with E-state index >= 15 is 0 Å². The molecule has 0 aromatic carbocycles. The molecule has 1 amide bonds. The zero-order chi connectivity index (χ0) is 12.5. The summed E-state index contributed by atoms with van der Waals surface area (Å²) in [5, 5.41) is 2.98. The first-order chi connectivity index (χ1) is 8.24. The van der Waals surface area contributed by atoms with Crippen LogP contribution in [0.15, 0.2) is 0 Å². The molecule has 0 aromatic rings. The zero-order valence-corrected chi connectivity index (χ0v) is 11.1. The van der Waals surface area contributed by atoms with Gasteiger partial charge in [-0.3, -0.25) is 4.79 Å². The number of nitrogens with two attached hydrogens (primary N) is 1. The lowest BCUT2D eigenvalue weighted by atomic mass is 10.1. The van der Waals surface area contributed by atoms with Crippen molar-refractivity contribution in [3.05, 3.63) is 0 Å². The number of carbonyl (C=O) groups is 1. The van der Waals surface area contributed by atoms with E-state index in [1.807, 2.05) is 0 Å². The van der Waals surface area contributed by atoms with Crippen molar-refractivity contribution in [3.8, 4) is 0 Å². The third-order valence-electron chi connectivity index (χ3n) is 3.31. The number of rotatable bonds is 10. The maximum atomic E-state index is 11.5. The topological polar surface area (TPSA) is 58.4 Å². The fourth-order valence-electron chi connectivity index (χ4n) is 1.94. The van der Waals surface area contributed by atoms with Crippen LogP contribution in [-0.2, 0) is 4.79 Å². The summed E-state index contributed by atoms with van der Waals surface area (Å²) in [6.07, 6.45) is 7.65. The van der Waals surface area contributed by atoms with Gasteiger partial charge < -0.3 is 16.0 Å². The number of nitrogens with zero attached hydrogens (tertiary/aromatic N) is 1. The lowest BCUT2D eigenvalue weighted by Crippen LogP contribution is -2.33. The standard InChI is InChI=1S/C13H27N3O/c1-16(12-7-8-12)11-10-15-13(17)6-4-2-3-5-9-14/h12H,2-11,14H2,1H3,(H,15,17). The maximum Gasteiger partial charge on any atom is 0.220 e. The van der Waals surface area contributed by atoms with Crippen molar-refractivity contribution >= 4 is 5.91 Å². The Labute approximate surface area is 105 Å². The van der Waals surface area contributed by atoms with E-state index in [0.717, 1.165) is 51.4 Å². The Morgan fingerprint density at radius 2 is 2.00 bits per heavy atom. The number of unbranched alkanes of at least 4 members (excludes halogenated alkanes) is 3. The Morgan fingerprint density at radius 1 is 1.29 bits per heavy atom. The van der Waals surface area contributed by atoms with E-state index in [-0.39, 0.29) is 5.91 Å². The quantitative estimate of drug-likeness (QED) is 0.563. The Balaban J connectivity index is 1.86. The van der Waals surface area contributed by atoms with Crippen LogP contribution >= 0.6 is 0 Å². The summed E-state index contributed by atoms with van der Waals surface area (Å²) < 4.78 is 0. The maximum absolute atomic E-state index is 11.5. The molecule has 100 valence electrons. The Kier molecular flexibility index (Phi) is 7.21. The van der Waals surface area contributed by atoms with Crippen molar-refractivity contribution in [1.82, 2.24) is 10.2 Å². The van der Waals surface area contributed by atoms with Gasteiger partial charge in [0.05, 0.1) is 0 Å². The van der Waals surface area contributed by atoms with Crippen LogP contribution in [-0.4, -0.2) is 43.5 Å². The molecule has 1 aliphatic carbocycles. The minimum atomic E-state index is 0.196. The van der Waals surface area contributed by atoms with E-state index in [1.54, 1.807) is 0 Å². The molecule has 0 aliphatic heterocycles. The van der Waals surface area contributed by atoms with Crippen molar-refractivity contribution in [1.29, 1.82) is 0 Å². The highest BCUT2D eigenvalue weighted by Crippen LogP contribution is 2.24. The molecular formula is C13H27N3O. The normalized spacial score (nSPS) is 15.2. The molecule has 1 aliphatic rings. The van der Waals surface area contributed by atoms with Crippen molar-refractivity contribution < 1.29 is 4.79 Å². The van der Waals surface area contributed by atoms with Gasteiger partial charge in [0, 0.05) is 25.6 Å². The van der Waals surface area contributed by atoms with Crippen LogP contribution in [0.2, 0.25) is 0 Å². The number of hydrogen-bond acceptors (Lipinski definition) is 3. The summed E-state index contributed by atoms with van der Waals surface area (Å²) in [5.74, 6) is 0.196. The lowest BCUT2D eigenvalue weighted by molar-refractivity contribution is -0.121. The SMILES string of the molecule is CN(CCNC(=O)CCCCCCN)C1CC1. The molecule has 0 bridgehead atoms. The van der Waals surface area contributed by atoms with E-state index in [9.17, 15) is 4.79 Å². The van der Waals surface area contributed by atoms with Gasteiger partial charge in [-0.1, -0.05) is 12.8 Å². The molecule has 3 N–H and O–H groups in total. The first kappa shape index (κ1) is 14.5. The van der Waals surface area contributed by atoms with E-state index in [0.29, 0.717) is 6.42 Å². The van der Waals surface area contributed by atoms with Gasteiger partial charge in [-0.25, -0.2) is 0 Å². The molecule has 0 spiro atoms. The smallest absolute Gasteiger partial charge is 0.220 e. The molecule has 4 heteroatoms. The number of likely N-dealkylation sites (N-methyl/N-ethyl adjacent to an activating group) is 1. The second-order valence-corrected chi connectivity index (χ2v) is 5.01. The molecule has 0 aromatic heterocycles. The highest BCUT2D eigenvalue weighted by atomic mass is 16.1. The lowest BCUT2D eigenvalue weighted by Gasteiger charge is -2.15. The molecule has 0 unspecified atom stereocenters. The largest absolute Gasteiger partial charge is 0.355 e. The Hall–Kier alpha value is -0.610. The third-order valence-corrected chi connectivity index (χ3v) is 3.31. The first-order valence-corrected chi connectivity index (χ1v) is 6.91. The van der Waals surface area contributed by atoms with Crippen molar-refractivity contribution in [2.45, 2.75) is 51.0 Å². The van der Waals surface area contributed by atoms with E-state index < -0.39 is 0 Å². The fraction of sp³-hybridized carbons (Fsp3) is 0.923. The molecule has 0 heterocycles. The average molecular weight is 241 g/mol. The van der Waals surface area contributed by atoms with Gasteiger partial charge in [0.1, 0.15) is 0 Å². The monoisotopic (exact) mass is 241 g/mol. The van der Waals surface area contributed by atoms with Gasteiger partial charge in [0.15, 0.2) is 0 Å². The summed E-state index contributed by atoms with van der Waals surface area (Å²) in [7, 11) is 2.14. The van der Waals surface area contributed by atoms with E-state index in [2.05, 4.69) is 17.3 Å². The zero-order valence-electron chi connectivity index (χ0n) is 11.1. The minimum absolute atomic E-state index is 0.196. The Morgan fingerprint density at radius 3 is 2.65 bits per heavy atom. The van der Waals surface area contributed by atoms with Gasteiger partial charge in [-0.15, -0.1) is 0 Å². The molecular weight excluding hydrogens is 214 g/mol. The predicted molar refractivity (Wildman–Crippen MR) is 70.8 cm³/mol. The van der Waals surface area contributed by atoms with Gasteiger partial charge in [-0.05, 0) is 39.3 Å². The van der Waals surface area contributed by atoms with Gasteiger partial charge >= 0.3 is 0 Å². The summed E-state index contributed by atoms with van der Waals surface area (Å²) in [5.41, 5.74) is 5.41. The third kappa shape index (κ3) is 7.34. The second-order valence-electron chi connectivity index (χ2n) is 5.01. The first-order valence-electron chi connectivity index (χ1n) is 6.91. The highest BCUT2D eigenvalue weighted by molar-refractivity contribution is 5.75. The minimum Gasteiger partial charge on any atom is -0.355 e. The fourth-order valence-corrected chi connectivity index (χ4v) is 1.94. The van der Waals surface area contributed by atoms with Crippen LogP contribution in [0.5, 0.6) is 0 Å². The number of carbonyl (C=O) groups excluding carboxylic acids is 1. The molecule has 4 nitrogen and oxygen atoms in total. The summed E-state index contributed by atoms with van der Waals surface area (Å²) >= 11 is 0. The molecule has 17 heavy (non-hydrogen) atoms. The molecule has 1 fully saturated rings.